The third kappa shape index (κ3) is 2.08. The molecule has 7 heteroatoms. The maximum Gasteiger partial charge on any atom is 0.274 e. The van der Waals surface area contributed by atoms with Gasteiger partial charge in [-0.3, -0.25) is 9.20 Å². The zero-order chi connectivity index (χ0) is 16.0. The van der Waals surface area contributed by atoms with Crippen LogP contribution in [0.5, 0.6) is 5.75 Å². The van der Waals surface area contributed by atoms with Gasteiger partial charge in [-0.15, -0.1) is 0 Å². The van der Waals surface area contributed by atoms with Crippen LogP contribution in [0.15, 0.2) is 24.4 Å². The summed E-state index contributed by atoms with van der Waals surface area (Å²) < 4.78 is 6.99. The first kappa shape index (κ1) is 13.8. The molecule has 2 N–H and O–H groups in total. The van der Waals surface area contributed by atoms with Crippen LogP contribution in [0.1, 0.15) is 23.3 Å². The first-order valence-corrected chi connectivity index (χ1v) is 7.59. The largest absolute Gasteiger partial charge is 0.494 e. The van der Waals surface area contributed by atoms with Gasteiger partial charge in [0.05, 0.1) is 7.11 Å². The van der Waals surface area contributed by atoms with Gasteiger partial charge in [0.25, 0.3) is 5.91 Å². The maximum atomic E-state index is 12.6. The van der Waals surface area contributed by atoms with Gasteiger partial charge in [0, 0.05) is 24.7 Å². The quantitative estimate of drug-likeness (QED) is 0.778. The number of benzene rings is 1. The van der Waals surface area contributed by atoms with Gasteiger partial charge in [0.2, 0.25) is 5.95 Å². The highest BCUT2D eigenvalue weighted by atomic mass is 16.5. The minimum Gasteiger partial charge on any atom is -0.494 e. The van der Waals surface area contributed by atoms with Crippen molar-refractivity contribution >= 4 is 28.4 Å². The minimum atomic E-state index is -0.0540. The van der Waals surface area contributed by atoms with E-state index in [0.29, 0.717) is 22.6 Å². The molecule has 0 aliphatic carbocycles. The molecule has 0 atom stereocenters. The summed E-state index contributed by atoms with van der Waals surface area (Å²) in [7, 11) is 1.59. The van der Waals surface area contributed by atoms with Crippen molar-refractivity contribution in [3.8, 4) is 5.75 Å². The summed E-state index contributed by atoms with van der Waals surface area (Å²) in [5.41, 5.74) is 7.71. The molecule has 1 saturated heterocycles. The third-order valence-electron chi connectivity index (χ3n) is 4.25. The second-order valence-electron chi connectivity index (χ2n) is 5.65. The molecule has 1 aliphatic rings. The number of fused-ring (bicyclic) bond motifs is 3. The van der Waals surface area contributed by atoms with E-state index >= 15 is 0 Å². The van der Waals surface area contributed by atoms with Gasteiger partial charge in [0.15, 0.2) is 0 Å². The van der Waals surface area contributed by atoms with E-state index in [9.17, 15) is 4.79 Å². The van der Waals surface area contributed by atoms with Crippen LogP contribution in [0.2, 0.25) is 0 Å². The number of aromatic nitrogens is 3. The number of carbonyl (C=O) groups is 1. The van der Waals surface area contributed by atoms with Crippen LogP contribution in [0.25, 0.3) is 16.6 Å². The van der Waals surface area contributed by atoms with Gasteiger partial charge in [-0.1, -0.05) is 6.07 Å². The van der Waals surface area contributed by atoms with Crippen molar-refractivity contribution < 1.29 is 9.53 Å². The Hall–Kier alpha value is -2.83. The molecule has 23 heavy (non-hydrogen) atoms. The van der Waals surface area contributed by atoms with Crippen molar-refractivity contribution in [2.75, 3.05) is 25.9 Å². The van der Waals surface area contributed by atoms with Crippen LogP contribution in [-0.2, 0) is 0 Å². The van der Waals surface area contributed by atoms with E-state index in [2.05, 4.69) is 9.97 Å². The summed E-state index contributed by atoms with van der Waals surface area (Å²) in [5, 5.41) is 0.805. The molecule has 0 unspecified atom stereocenters. The highest BCUT2D eigenvalue weighted by Gasteiger charge is 2.23. The van der Waals surface area contributed by atoms with Crippen molar-refractivity contribution in [3.63, 3.8) is 0 Å². The molecule has 118 valence electrons. The summed E-state index contributed by atoms with van der Waals surface area (Å²) in [6.45, 7) is 1.57. The van der Waals surface area contributed by atoms with E-state index < -0.39 is 0 Å². The van der Waals surface area contributed by atoms with Crippen LogP contribution in [-0.4, -0.2) is 45.4 Å². The van der Waals surface area contributed by atoms with Crippen molar-refractivity contribution in [2.24, 2.45) is 0 Å². The molecule has 0 radical (unpaired) electrons. The number of amides is 1. The van der Waals surface area contributed by atoms with Crippen LogP contribution >= 0.6 is 0 Å². The van der Waals surface area contributed by atoms with E-state index in [1.807, 2.05) is 23.1 Å². The Morgan fingerprint density at radius 2 is 2.04 bits per heavy atom. The number of para-hydroxylation sites is 1. The first-order chi connectivity index (χ1) is 11.2. The monoisotopic (exact) mass is 311 g/mol. The molecule has 0 saturated carbocycles. The first-order valence-electron chi connectivity index (χ1n) is 7.59. The molecule has 1 amide bonds. The Labute approximate surface area is 132 Å². The van der Waals surface area contributed by atoms with Crippen molar-refractivity contribution in [1.29, 1.82) is 0 Å². The molecule has 2 aromatic heterocycles. The number of methoxy groups -OCH3 is 1. The van der Waals surface area contributed by atoms with Gasteiger partial charge < -0.3 is 15.4 Å². The summed E-state index contributed by atoms with van der Waals surface area (Å²) >= 11 is 0. The van der Waals surface area contributed by atoms with Crippen LogP contribution in [0, 0.1) is 0 Å². The number of imidazole rings is 1. The highest BCUT2D eigenvalue weighted by Crippen LogP contribution is 2.28. The van der Waals surface area contributed by atoms with Crippen LogP contribution in [0.3, 0.4) is 0 Å². The third-order valence-corrected chi connectivity index (χ3v) is 4.25. The molecule has 1 fully saturated rings. The Kier molecular flexibility index (Phi) is 3.07. The molecule has 1 aromatic carbocycles. The van der Waals surface area contributed by atoms with Crippen molar-refractivity contribution in [1.82, 2.24) is 19.3 Å². The van der Waals surface area contributed by atoms with Crippen molar-refractivity contribution in [3.05, 3.63) is 30.1 Å². The predicted octanol–water partition coefficient (Wildman–Crippen LogP) is 1.71. The number of ether oxygens (including phenoxy) is 1. The lowest BCUT2D eigenvalue weighted by molar-refractivity contribution is 0.0788. The second-order valence-corrected chi connectivity index (χ2v) is 5.65. The Morgan fingerprint density at radius 1 is 1.26 bits per heavy atom. The fourth-order valence-electron chi connectivity index (χ4n) is 3.08. The van der Waals surface area contributed by atoms with Gasteiger partial charge >= 0.3 is 0 Å². The number of hydrogen-bond acceptors (Lipinski definition) is 5. The SMILES string of the molecule is COc1cccc2c1nc(N)n1cc(C(=O)N3CCCC3)nc21. The van der Waals surface area contributed by atoms with Gasteiger partial charge in [0.1, 0.15) is 22.6 Å². The Bertz CT molecular complexity index is 912. The highest BCUT2D eigenvalue weighted by molar-refractivity contribution is 5.99. The zero-order valence-corrected chi connectivity index (χ0v) is 12.8. The predicted molar refractivity (Wildman–Crippen MR) is 86.6 cm³/mol. The lowest BCUT2D eigenvalue weighted by Crippen LogP contribution is -2.27. The van der Waals surface area contributed by atoms with E-state index in [4.69, 9.17) is 10.5 Å². The second kappa shape index (κ2) is 5.12. The molecule has 3 heterocycles. The molecule has 0 bridgehead atoms. The molecule has 0 spiro atoms. The molecular formula is C16H17N5O2. The topological polar surface area (TPSA) is 85.8 Å². The standard InChI is InChI=1S/C16H17N5O2/c1-23-12-6-4-5-10-13(12)19-16(17)21-9-11(18-14(10)21)15(22)20-7-2-3-8-20/h4-6,9H,2-3,7-8H2,1H3,(H2,17,19). The zero-order valence-electron chi connectivity index (χ0n) is 12.8. The summed E-state index contributed by atoms with van der Waals surface area (Å²) in [6.07, 6.45) is 3.75. The molecule has 4 rings (SSSR count). The smallest absolute Gasteiger partial charge is 0.274 e. The number of anilines is 1. The van der Waals surface area contributed by atoms with Crippen LogP contribution in [0.4, 0.5) is 5.95 Å². The minimum absolute atomic E-state index is 0.0540. The average Bonchev–Trinajstić information content (AvgIpc) is 3.24. The van der Waals surface area contributed by atoms with Gasteiger partial charge in [-0.25, -0.2) is 9.97 Å². The number of carbonyl (C=O) groups excluding carboxylic acids is 1. The van der Waals surface area contributed by atoms with Crippen LogP contribution < -0.4 is 10.5 Å². The molecular weight excluding hydrogens is 294 g/mol. The number of nitrogens with zero attached hydrogens (tertiary/aromatic N) is 4. The number of likely N-dealkylation sites (tertiary alicyclic amines) is 1. The van der Waals surface area contributed by atoms with E-state index in [0.717, 1.165) is 31.3 Å². The molecule has 7 nitrogen and oxygen atoms in total. The van der Waals surface area contributed by atoms with E-state index in [-0.39, 0.29) is 11.9 Å². The number of rotatable bonds is 2. The summed E-state index contributed by atoms with van der Waals surface area (Å²) in [5.74, 6) is 0.860. The number of hydrogen-bond donors (Lipinski definition) is 1. The fourth-order valence-corrected chi connectivity index (χ4v) is 3.08. The lowest BCUT2D eigenvalue weighted by atomic mass is 10.2. The summed E-state index contributed by atoms with van der Waals surface area (Å²) in [4.78, 5) is 23.3. The Balaban J connectivity index is 1.92. The van der Waals surface area contributed by atoms with Gasteiger partial charge in [-0.05, 0) is 25.0 Å². The molecule has 1 aliphatic heterocycles. The Morgan fingerprint density at radius 3 is 2.78 bits per heavy atom. The van der Waals surface area contributed by atoms with E-state index in [1.54, 1.807) is 17.7 Å². The van der Waals surface area contributed by atoms with E-state index in [1.165, 1.54) is 0 Å². The average molecular weight is 311 g/mol. The van der Waals surface area contributed by atoms with Gasteiger partial charge in [-0.2, -0.15) is 0 Å². The number of nitrogens with two attached hydrogens (primary N) is 1. The maximum absolute atomic E-state index is 12.6. The lowest BCUT2D eigenvalue weighted by Gasteiger charge is -2.12. The normalized spacial score (nSPS) is 14.7. The molecule has 3 aromatic rings. The van der Waals surface area contributed by atoms with Crippen molar-refractivity contribution in [2.45, 2.75) is 12.8 Å². The fraction of sp³-hybridized carbons (Fsp3) is 0.312. The number of nitrogen functional groups attached to an aromatic ring is 1. The summed E-state index contributed by atoms with van der Waals surface area (Å²) in [6, 6.07) is 5.59.